The lowest BCUT2D eigenvalue weighted by atomic mass is 10.1. The van der Waals surface area contributed by atoms with E-state index < -0.39 is 34.4 Å². The molecule has 0 spiro atoms. The molecule has 0 radical (unpaired) electrons. The summed E-state index contributed by atoms with van der Waals surface area (Å²) in [6, 6.07) is 6.31. The fourth-order valence-electron chi connectivity index (χ4n) is 2.17. The summed E-state index contributed by atoms with van der Waals surface area (Å²) in [4.78, 5) is 11.9. The Kier molecular flexibility index (Phi) is 3.43. The SMILES string of the molecule is O=c1cc(-c2cccc(C(F)(F)F)c2)oc2c(F)cc(F)cc12. The van der Waals surface area contributed by atoms with E-state index in [1.807, 2.05) is 0 Å². The summed E-state index contributed by atoms with van der Waals surface area (Å²) >= 11 is 0. The Bertz CT molecular complexity index is 957. The molecule has 0 saturated carbocycles. The molecule has 3 aromatic rings. The highest BCUT2D eigenvalue weighted by atomic mass is 19.4. The van der Waals surface area contributed by atoms with Crippen LogP contribution in [0.4, 0.5) is 22.0 Å². The van der Waals surface area contributed by atoms with Gasteiger partial charge in [-0.3, -0.25) is 4.79 Å². The van der Waals surface area contributed by atoms with Crippen molar-refractivity contribution < 1.29 is 26.4 Å². The first-order valence-electron chi connectivity index (χ1n) is 6.36. The molecule has 0 bridgehead atoms. The van der Waals surface area contributed by atoms with Crippen LogP contribution in [0.25, 0.3) is 22.3 Å². The highest BCUT2D eigenvalue weighted by molar-refractivity contribution is 5.79. The van der Waals surface area contributed by atoms with Crippen LogP contribution in [0.3, 0.4) is 0 Å². The van der Waals surface area contributed by atoms with Crippen LogP contribution in [0.5, 0.6) is 0 Å². The molecule has 0 aliphatic rings. The van der Waals surface area contributed by atoms with Crippen molar-refractivity contribution >= 4 is 11.0 Å². The number of fused-ring (bicyclic) bond motifs is 1. The average molecular weight is 326 g/mol. The third-order valence-electron chi connectivity index (χ3n) is 3.22. The van der Waals surface area contributed by atoms with Crippen LogP contribution in [-0.4, -0.2) is 0 Å². The van der Waals surface area contributed by atoms with Gasteiger partial charge >= 0.3 is 6.18 Å². The van der Waals surface area contributed by atoms with Crippen LogP contribution in [0.2, 0.25) is 0 Å². The van der Waals surface area contributed by atoms with E-state index in [9.17, 15) is 26.7 Å². The first-order chi connectivity index (χ1) is 10.8. The molecular weight excluding hydrogens is 319 g/mol. The highest BCUT2D eigenvalue weighted by Gasteiger charge is 2.30. The maximum absolute atomic E-state index is 13.7. The van der Waals surface area contributed by atoms with Gasteiger partial charge in [-0.25, -0.2) is 8.78 Å². The van der Waals surface area contributed by atoms with E-state index in [1.165, 1.54) is 6.07 Å². The molecule has 0 N–H and O–H groups in total. The van der Waals surface area contributed by atoms with Gasteiger partial charge < -0.3 is 4.42 Å². The Morgan fingerprint density at radius 3 is 2.39 bits per heavy atom. The summed E-state index contributed by atoms with van der Waals surface area (Å²) in [6.45, 7) is 0. The van der Waals surface area contributed by atoms with E-state index >= 15 is 0 Å². The van der Waals surface area contributed by atoms with Gasteiger partial charge in [0.05, 0.1) is 10.9 Å². The number of rotatable bonds is 1. The fourth-order valence-corrected chi connectivity index (χ4v) is 2.17. The number of halogens is 5. The van der Waals surface area contributed by atoms with Gasteiger partial charge in [0.15, 0.2) is 16.8 Å². The molecule has 7 heteroatoms. The maximum atomic E-state index is 13.7. The van der Waals surface area contributed by atoms with Crippen molar-refractivity contribution in [3.63, 3.8) is 0 Å². The Balaban J connectivity index is 2.24. The molecule has 2 nitrogen and oxygen atoms in total. The minimum atomic E-state index is -4.57. The van der Waals surface area contributed by atoms with Crippen LogP contribution in [0.15, 0.2) is 51.7 Å². The number of benzene rings is 2. The zero-order valence-corrected chi connectivity index (χ0v) is 11.2. The van der Waals surface area contributed by atoms with E-state index in [1.54, 1.807) is 0 Å². The topological polar surface area (TPSA) is 30.2 Å². The van der Waals surface area contributed by atoms with Crippen molar-refractivity contribution in [1.82, 2.24) is 0 Å². The Morgan fingerprint density at radius 1 is 0.957 bits per heavy atom. The predicted molar refractivity (Wildman–Crippen MR) is 72.8 cm³/mol. The molecule has 1 heterocycles. The highest BCUT2D eigenvalue weighted by Crippen LogP contribution is 2.32. The van der Waals surface area contributed by atoms with Crippen molar-refractivity contribution in [1.29, 1.82) is 0 Å². The van der Waals surface area contributed by atoms with E-state index in [0.29, 0.717) is 6.07 Å². The van der Waals surface area contributed by atoms with Gasteiger partial charge in [-0.1, -0.05) is 12.1 Å². The van der Waals surface area contributed by atoms with Gasteiger partial charge in [-0.15, -0.1) is 0 Å². The molecule has 0 atom stereocenters. The second-order valence-corrected chi connectivity index (χ2v) is 4.82. The van der Waals surface area contributed by atoms with Gasteiger partial charge in [0.25, 0.3) is 0 Å². The van der Waals surface area contributed by atoms with Crippen molar-refractivity contribution in [3.8, 4) is 11.3 Å². The minimum Gasteiger partial charge on any atom is -0.453 e. The second kappa shape index (κ2) is 5.19. The predicted octanol–water partition coefficient (Wildman–Crippen LogP) is 4.76. The van der Waals surface area contributed by atoms with Gasteiger partial charge in [0.1, 0.15) is 11.6 Å². The minimum absolute atomic E-state index is 0.0393. The second-order valence-electron chi connectivity index (χ2n) is 4.82. The zero-order chi connectivity index (χ0) is 16.8. The summed E-state index contributed by atoms with van der Waals surface area (Å²) < 4.78 is 70.2. The maximum Gasteiger partial charge on any atom is 0.416 e. The van der Waals surface area contributed by atoms with Crippen molar-refractivity contribution in [2.45, 2.75) is 6.18 Å². The summed E-state index contributed by atoms with van der Waals surface area (Å²) in [5.41, 5.74) is -2.23. The molecular formula is C16H7F5O2. The molecule has 3 rings (SSSR count). The Morgan fingerprint density at radius 2 is 1.70 bits per heavy atom. The Labute approximate surface area is 125 Å². The largest absolute Gasteiger partial charge is 0.453 e. The summed E-state index contributed by atoms with van der Waals surface area (Å²) in [7, 11) is 0. The third kappa shape index (κ3) is 2.81. The monoisotopic (exact) mass is 326 g/mol. The van der Waals surface area contributed by atoms with Crippen molar-refractivity contribution in [3.05, 3.63) is 69.9 Å². The quantitative estimate of drug-likeness (QED) is 0.604. The fraction of sp³-hybridized carbons (Fsp3) is 0.0625. The smallest absolute Gasteiger partial charge is 0.416 e. The van der Waals surface area contributed by atoms with Crippen LogP contribution in [-0.2, 0) is 6.18 Å². The van der Waals surface area contributed by atoms with Gasteiger partial charge in [-0.05, 0) is 18.2 Å². The lowest BCUT2D eigenvalue weighted by molar-refractivity contribution is -0.137. The molecule has 1 aromatic heterocycles. The molecule has 0 aliphatic carbocycles. The molecule has 118 valence electrons. The van der Waals surface area contributed by atoms with Gasteiger partial charge in [0.2, 0.25) is 0 Å². The standard InChI is InChI=1S/C16H7F5O2/c17-10-5-11-13(22)7-14(23-15(11)12(18)6-10)8-2-1-3-9(4-8)16(19,20)21/h1-7H. The molecule has 0 amide bonds. The van der Waals surface area contributed by atoms with E-state index in [2.05, 4.69) is 0 Å². The third-order valence-corrected chi connectivity index (χ3v) is 3.22. The average Bonchev–Trinajstić information content (AvgIpc) is 2.47. The molecule has 0 saturated heterocycles. The van der Waals surface area contributed by atoms with Crippen LogP contribution in [0, 0.1) is 11.6 Å². The number of hydrogen-bond donors (Lipinski definition) is 0. The van der Waals surface area contributed by atoms with Crippen LogP contribution < -0.4 is 5.43 Å². The summed E-state index contributed by atoms with van der Waals surface area (Å²) in [6.07, 6.45) is -4.57. The molecule has 2 aromatic carbocycles. The Hall–Kier alpha value is -2.70. The molecule has 0 unspecified atom stereocenters. The first-order valence-corrected chi connectivity index (χ1v) is 6.36. The molecule has 23 heavy (non-hydrogen) atoms. The van der Waals surface area contributed by atoms with E-state index in [-0.39, 0.29) is 16.7 Å². The van der Waals surface area contributed by atoms with Crippen LogP contribution in [0.1, 0.15) is 5.56 Å². The van der Waals surface area contributed by atoms with Gasteiger partial charge in [0, 0.05) is 17.7 Å². The van der Waals surface area contributed by atoms with Crippen LogP contribution >= 0.6 is 0 Å². The molecule has 0 fully saturated rings. The number of alkyl halides is 3. The normalized spacial score (nSPS) is 11.9. The van der Waals surface area contributed by atoms with E-state index in [4.69, 9.17) is 4.42 Å². The lowest BCUT2D eigenvalue weighted by Crippen LogP contribution is -2.05. The first kappa shape index (κ1) is 15.2. The molecule has 0 aliphatic heterocycles. The van der Waals surface area contributed by atoms with E-state index in [0.717, 1.165) is 30.3 Å². The van der Waals surface area contributed by atoms with Crippen molar-refractivity contribution in [2.24, 2.45) is 0 Å². The lowest BCUT2D eigenvalue weighted by Gasteiger charge is -2.09. The zero-order valence-electron chi connectivity index (χ0n) is 11.2. The summed E-state index contributed by atoms with van der Waals surface area (Å²) in [5, 5.41) is -0.321. The summed E-state index contributed by atoms with van der Waals surface area (Å²) in [5.74, 6) is -2.29. The van der Waals surface area contributed by atoms with Gasteiger partial charge in [-0.2, -0.15) is 13.2 Å². The van der Waals surface area contributed by atoms with Crippen molar-refractivity contribution in [2.75, 3.05) is 0 Å². The number of hydrogen-bond acceptors (Lipinski definition) is 2.